The van der Waals surface area contributed by atoms with Crippen LogP contribution in [0.5, 0.6) is 5.75 Å². The largest absolute Gasteiger partial charge is 0.478 e. The maximum absolute atomic E-state index is 11.1. The molecule has 128 valence electrons. The molecule has 0 atom stereocenters. The average molecular weight is 320 g/mol. The highest BCUT2D eigenvalue weighted by molar-refractivity contribution is 5.76. The number of Topliss-reactive ketones (excluding diaryl/α,β-unsaturated/α-hetero) is 1. The fourth-order valence-electron chi connectivity index (χ4n) is 2.34. The van der Waals surface area contributed by atoms with Crippen LogP contribution in [-0.2, 0) is 16.0 Å². The van der Waals surface area contributed by atoms with Gasteiger partial charge in [0.2, 0.25) is 0 Å². The monoisotopic (exact) mass is 320 g/mol. The lowest BCUT2D eigenvalue weighted by molar-refractivity contribution is -0.152. The van der Waals surface area contributed by atoms with Crippen molar-refractivity contribution >= 4 is 11.8 Å². The van der Waals surface area contributed by atoms with Gasteiger partial charge in [0.25, 0.3) is 0 Å². The molecule has 4 nitrogen and oxygen atoms in total. The number of carboxylic acids is 1. The van der Waals surface area contributed by atoms with Crippen LogP contribution >= 0.6 is 0 Å². The number of ketones is 1. The number of unbranched alkanes of at least 4 members (excludes halogenated alkanes) is 4. The molecule has 0 aliphatic rings. The maximum atomic E-state index is 11.1. The lowest BCUT2D eigenvalue weighted by Crippen LogP contribution is -2.37. The first-order chi connectivity index (χ1) is 10.8. The molecule has 0 spiro atoms. The Morgan fingerprint density at radius 2 is 1.74 bits per heavy atom. The second-order valence-corrected chi connectivity index (χ2v) is 6.53. The zero-order valence-electron chi connectivity index (χ0n) is 14.4. The number of carboxylic acid groups (broad SMARTS) is 1. The molecule has 0 aromatic heterocycles. The van der Waals surface area contributed by atoms with Gasteiger partial charge >= 0.3 is 5.97 Å². The summed E-state index contributed by atoms with van der Waals surface area (Å²) in [6.07, 6.45) is 7.12. The van der Waals surface area contributed by atoms with E-state index < -0.39 is 11.6 Å². The normalized spacial score (nSPS) is 11.3. The minimum Gasteiger partial charge on any atom is -0.478 e. The molecule has 0 saturated heterocycles. The van der Waals surface area contributed by atoms with Gasteiger partial charge < -0.3 is 14.6 Å². The van der Waals surface area contributed by atoms with Gasteiger partial charge in [0.15, 0.2) is 5.60 Å². The lowest BCUT2D eigenvalue weighted by atomic mass is 10.0. The molecule has 0 unspecified atom stereocenters. The molecule has 1 aromatic rings. The summed E-state index contributed by atoms with van der Waals surface area (Å²) in [6, 6.07) is 7.64. The summed E-state index contributed by atoms with van der Waals surface area (Å²) < 4.78 is 5.55. The Morgan fingerprint density at radius 1 is 1.09 bits per heavy atom. The smallest absolute Gasteiger partial charge is 0.347 e. The molecular formula is C19H28O4. The van der Waals surface area contributed by atoms with Gasteiger partial charge in [0.1, 0.15) is 11.5 Å². The van der Waals surface area contributed by atoms with Gasteiger partial charge in [-0.15, -0.1) is 0 Å². The fourth-order valence-corrected chi connectivity index (χ4v) is 2.34. The highest BCUT2D eigenvalue weighted by atomic mass is 16.5. The number of hydrogen-bond donors (Lipinski definition) is 1. The van der Waals surface area contributed by atoms with Gasteiger partial charge in [-0.05, 0) is 57.7 Å². The third-order valence-corrected chi connectivity index (χ3v) is 3.78. The van der Waals surface area contributed by atoms with Crippen molar-refractivity contribution in [2.45, 2.75) is 71.3 Å². The number of benzene rings is 1. The van der Waals surface area contributed by atoms with E-state index in [1.807, 2.05) is 18.2 Å². The lowest BCUT2D eigenvalue weighted by Gasteiger charge is -2.21. The predicted octanol–water partition coefficient (Wildman–Crippen LogP) is 4.40. The summed E-state index contributed by atoms with van der Waals surface area (Å²) in [6.45, 7) is 4.73. The Bertz CT molecular complexity index is 520. The summed E-state index contributed by atoms with van der Waals surface area (Å²) in [5, 5.41) is 9.10. The standard InChI is InChI=1S/C19H28O4/c1-15(20)10-7-5-4-6-8-11-16-12-9-13-17(14-16)23-19(2,3)18(21)22/h9,12-14H,4-8,10-11H2,1-3H3,(H,21,22). The Hall–Kier alpha value is -1.84. The number of rotatable bonds is 11. The Kier molecular flexibility index (Phi) is 7.79. The number of aryl methyl sites for hydroxylation is 1. The van der Waals surface area contributed by atoms with E-state index in [1.54, 1.807) is 26.8 Å². The van der Waals surface area contributed by atoms with Crippen molar-refractivity contribution in [1.29, 1.82) is 0 Å². The van der Waals surface area contributed by atoms with Gasteiger partial charge in [-0.2, -0.15) is 0 Å². The Morgan fingerprint density at radius 3 is 2.39 bits per heavy atom. The van der Waals surface area contributed by atoms with Crippen LogP contribution in [-0.4, -0.2) is 22.5 Å². The van der Waals surface area contributed by atoms with Crippen molar-refractivity contribution in [3.8, 4) is 5.75 Å². The first-order valence-corrected chi connectivity index (χ1v) is 8.32. The SMILES string of the molecule is CC(=O)CCCCCCCc1cccc(OC(C)(C)C(=O)O)c1. The summed E-state index contributed by atoms with van der Waals surface area (Å²) in [5.74, 6) is -0.115. The number of aliphatic carboxylic acids is 1. The molecule has 0 aliphatic heterocycles. The van der Waals surface area contributed by atoms with E-state index in [4.69, 9.17) is 9.84 Å². The molecule has 1 aromatic carbocycles. The predicted molar refractivity (Wildman–Crippen MR) is 90.9 cm³/mol. The molecule has 0 amide bonds. The van der Waals surface area contributed by atoms with Gasteiger partial charge in [-0.3, -0.25) is 0 Å². The number of hydrogen-bond acceptors (Lipinski definition) is 3. The number of carbonyl (C=O) groups is 2. The molecule has 0 radical (unpaired) electrons. The molecule has 1 rings (SSSR count). The number of carbonyl (C=O) groups excluding carboxylic acids is 1. The molecular weight excluding hydrogens is 292 g/mol. The van der Waals surface area contributed by atoms with Crippen molar-refractivity contribution in [2.75, 3.05) is 0 Å². The van der Waals surface area contributed by atoms with Crippen molar-refractivity contribution in [3.63, 3.8) is 0 Å². The van der Waals surface area contributed by atoms with Crippen LogP contribution in [0.15, 0.2) is 24.3 Å². The molecule has 0 aliphatic carbocycles. The van der Waals surface area contributed by atoms with E-state index in [2.05, 4.69) is 0 Å². The van der Waals surface area contributed by atoms with Gasteiger partial charge in [0, 0.05) is 6.42 Å². The molecule has 0 saturated carbocycles. The van der Waals surface area contributed by atoms with Crippen molar-refractivity contribution in [1.82, 2.24) is 0 Å². The highest BCUT2D eigenvalue weighted by Gasteiger charge is 2.29. The number of ether oxygens (including phenoxy) is 1. The highest BCUT2D eigenvalue weighted by Crippen LogP contribution is 2.21. The van der Waals surface area contributed by atoms with Gasteiger partial charge in [-0.1, -0.05) is 31.4 Å². The van der Waals surface area contributed by atoms with E-state index >= 15 is 0 Å². The van der Waals surface area contributed by atoms with Crippen LogP contribution in [0.25, 0.3) is 0 Å². The molecule has 0 heterocycles. The van der Waals surface area contributed by atoms with E-state index in [-0.39, 0.29) is 5.78 Å². The quantitative estimate of drug-likeness (QED) is 0.614. The van der Waals surface area contributed by atoms with Gasteiger partial charge in [0.05, 0.1) is 0 Å². The van der Waals surface area contributed by atoms with E-state index in [9.17, 15) is 9.59 Å². The summed E-state index contributed by atoms with van der Waals surface area (Å²) in [5.41, 5.74) is -0.0672. The molecule has 0 bridgehead atoms. The minimum atomic E-state index is -1.23. The first-order valence-electron chi connectivity index (χ1n) is 8.32. The molecule has 4 heteroatoms. The zero-order valence-corrected chi connectivity index (χ0v) is 14.4. The first kappa shape index (κ1) is 19.2. The fraction of sp³-hybridized carbons (Fsp3) is 0.579. The van der Waals surface area contributed by atoms with Crippen LogP contribution in [0, 0.1) is 0 Å². The van der Waals surface area contributed by atoms with Crippen LogP contribution < -0.4 is 4.74 Å². The Balaban J connectivity index is 2.34. The van der Waals surface area contributed by atoms with Crippen LogP contribution in [0.2, 0.25) is 0 Å². The minimum absolute atomic E-state index is 0.270. The van der Waals surface area contributed by atoms with E-state index in [0.29, 0.717) is 12.2 Å². The van der Waals surface area contributed by atoms with Crippen molar-refractivity contribution < 1.29 is 19.4 Å². The van der Waals surface area contributed by atoms with Crippen LogP contribution in [0.4, 0.5) is 0 Å². The molecule has 23 heavy (non-hydrogen) atoms. The van der Waals surface area contributed by atoms with Crippen LogP contribution in [0.3, 0.4) is 0 Å². The second-order valence-electron chi connectivity index (χ2n) is 6.53. The average Bonchev–Trinajstić information content (AvgIpc) is 2.45. The van der Waals surface area contributed by atoms with Crippen LogP contribution in [0.1, 0.15) is 64.9 Å². The zero-order chi connectivity index (χ0) is 17.3. The molecule has 0 fully saturated rings. The van der Waals surface area contributed by atoms with E-state index in [0.717, 1.165) is 44.1 Å². The van der Waals surface area contributed by atoms with Crippen molar-refractivity contribution in [3.05, 3.63) is 29.8 Å². The van der Waals surface area contributed by atoms with Gasteiger partial charge in [-0.25, -0.2) is 4.79 Å². The Labute approximate surface area is 138 Å². The topological polar surface area (TPSA) is 63.6 Å². The van der Waals surface area contributed by atoms with E-state index in [1.165, 1.54) is 0 Å². The third kappa shape index (κ3) is 7.82. The molecule has 1 N–H and O–H groups in total. The van der Waals surface area contributed by atoms with Crippen molar-refractivity contribution in [2.24, 2.45) is 0 Å². The summed E-state index contributed by atoms with van der Waals surface area (Å²) >= 11 is 0. The third-order valence-electron chi connectivity index (χ3n) is 3.78. The second kappa shape index (κ2) is 9.33. The summed E-state index contributed by atoms with van der Waals surface area (Å²) in [4.78, 5) is 21.9. The summed E-state index contributed by atoms with van der Waals surface area (Å²) in [7, 11) is 0. The maximum Gasteiger partial charge on any atom is 0.347 e.